The Bertz CT molecular complexity index is 529. The molecule has 2 rings (SSSR count). The van der Waals surface area contributed by atoms with E-state index in [4.69, 9.17) is 0 Å². The van der Waals surface area contributed by atoms with E-state index < -0.39 is 0 Å². The van der Waals surface area contributed by atoms with Gasteiger partial charge in [0.25, 0.3) is 5.91 Å². The average molecular weight is 235 g/mol. The highest BCUT2D eigenvalue weighted by molar-refractivity contribution is 5.94. The lowest BCUT2D eigenvalue weighted by molar-refractivity contribution is 0.0939. The Morgan fingerprint density at radius 1 is 1.53 bits per heavy atom. The van der Waals surface area contributed by atoms with E-state index in [-0.39, 0.29) is 12.5 Å². The number of hydrogen-bond acceptors (Lipinski definition) is 5. The minimum Gasteiger partial charge on any atom is -0.343 e. The van der Waals surface area contributed by atoms with E-state index in [0.717, 1.165) is 11.3 Å². The van der Waals surface area contributed by atoms with E-state index in [1.54, 1.807) is 11.7 Å². The second kappa shape index (κ2) is 4.36. The molecule has 7 nitrogen and oxygen atoms in total. The summed E-state index contributed by atoms with van der Waals surface area (Å²) in [6.07, 6.45) is 1.22. The maximum Gasteiger partial charge on any atom is 0.270 e. The summed E-state index contributed by atoms with van der Waals surface area (Å²) >= 11 is 0. The first-order valence-corrected chi connectivity index (χ1v) is 5.13. The van der Waals surface area contributed by atoms with Gasteiger partial charge in [0, 0.05) is 12.6 Å². The molecule has 0 bridgehead atoms. The van der Waals surface area contributed by atoms with Gasteiger partial charge >= 0.3 is 0 Å². The van der Waals surface area contributed by atoms with Gasteiger partial charge in [-0.3, -0.25) is 9.48 Å². The molecule has 2 aromatic rings. The molecule has 1 N–H and O–H groups in total. The van der Waals surface area contributed by atoms with Gasteiger partial charge in [0.15, 0.2) is 5.82 Å². The molecule has 2 aromatic heterocycles. The molecule has 0 unspecified atom stereocenters. The molecule has 0 saturated heterocycles. The fourth-order valence-corrected chi connectivity index (χ4v) is 1.59. The molecule has 0 saturated carbocycles. The van der Waals surface area contributed by atoms with Crippen LogP contribution in [0, 0.1) is 13.8 Å². The van der Waals surface area contributed by atoms with Crippen molar-refractivity contribution in [3.05, 3.63) is 29.2 Å². The minimum absolute atomic E-state index is 0.199. The number of aryl methyl sites for hydroxylation is 2. The van der Waals surface area contributed by atoms with Crippen molar-refractivity contribution in [3.63, 3.8) is 0 Å². The van der Waals surface area contributed by atoms with E-state index in [9.17, 15) is 4.79 Å². The van der Waals surface area contributed by atoms with Gasteiger partial charge in [-0.25, -0.2) is 0 Å². The van der Waals surface area contributed by atoms with Gasteiger partial charge < -0.3 is 9.84 Å². The Hall–Kier alpha value is -2.18. The van der Waals surface area contributed by atoms with Crippen molar-refractivity contribution in [3.8, 4) is 0 Å². The average Bonchev–Trinajstić information content (AvgIpc) is 2.86. The van der Waals surface area contributed by atoms with Crippen molar-refractivity contribution >= 4 is 5.91 Å². The number of nitrogens with zero attached hydrogens (tertiary/aromatic N) is 4. The molecule has 0 aliphatic heterocycles. The van der Waals surface area contributed by atoms with Gasteiger partial charge in [-0.15, -0.1) is 0 Å². The first kappa shape index (κ1) is 11.3. The lowest BCUT2D eigenvalue weighted by Gasteiger charge is -2.03. The summed E-state index contributed by atoms with van der Waals surface area (Å²) in [6, 6.07) is 0. The summed E-state index contributed by atoms with van der Waals surface area (Å²) in [5, 5.41) is 10.5. The number of carbonyl (C=O) groups excluding carboxylic acids is 1. The van der Waals surface area contributed by atoms with Gasteiger partial charge in [-0.1, -0.05) is 5.16 Å². The van der Waals surface area contributed by atoms with Crippen molar-refractivity contribution in [2.45, 2.75) is 20.4 Å². The standard InChI is InChI=1S/C10H13N5O2/c1-6-7(2)13-15(3)9(6)10(16)11-4-8-12-5-17-14-8/h5H,4H2,1-3H3,(H,11,16). The SMILES string of the molecule is Cc1nn(C)c(C(=O)NCc2ncon2)c1C. The van der Waals surface area contributed by atoms with Gasteiger partial charge in [0.05, 0.1) is 12.2 Å². The normalized spacial score (nSPS) is 10.5. The second-order valence-corrected chi connectivity index (χ2v) is 3.71. The molecule has 0 aromatic carbocycles. The van der Waals surface area contributed by atoms with Crippen molar-refractivity contribution in [2.75, 3.05) is 0 Å². The summed E-state index contributed by atoms with van der Waals surface area (Å²) in [7, 11) is 1.74. The van der Waals surface area contributed by atoms with Gasteiger partial charge in [-0.2, -0.15) is 10.1 Å². The quantitative estimate of drug-likeness (QED) is 0.829. The lowest BCUT2D eigenvalue weighted by atomic mass is 10.2. The topological polar surface area (TPSA) is 85.8 Å². The van der Waals surface area contributed by atoms with E-state index >= 15 is 0 Å². The number of rotatable bonds is 3. The molecule has 0 fully saturated rings. The summed E-state index contributed by atoms with van der Waals surface area (Å²) in [6.45, 7) is 3.97. The lowest BCUT2D eigenvalue weighted by Crippen LogP contribution is -2.26. The van der Waals surface area contributed by atoms with Crippen molar-refractivity contribution < 1.29 is 9.32 Å². The molecule has 2 heterocycles. The highest BCUT2D eigenvalue weighted by Gasteiger charge is 2.16. The van der Waals surface area contributed by atoms with Crippen LogP contribution in [0.4, 0.5) is 0 Å². The van der Waals surface area contributed by atoms with Crippen molar-refractivity contribution in [1.82, 2.24) is 25.2 Å². The molecule has 1 amide bonds. The summed E-state index contributed by atoms with van der Waals surface area (Å²) < 4.78 is 6.14. The zero-order valence-electron chi connectivity index (χ0n) is 9.89. The number of nitrogens with one attached hydrogen (secondary N) is 1. The van der Waals surface area contributed by atoms with E-state index in [0.29, 0.717) is 11.5 Å². The highest BCUT2D eigenvalue weighted by Crippen LogP contribution is 2.10. The van der Waals surface area contributed by atoms with Crippen LogP contribution < -0.4 is 5.32 Å². The molecule has 17 heavy (non-hydrogen) atoms. The van der Waals surface area contributed by atoms with Crippen molar-refractivity contribution in [1.29, 1.82) is 0 Å². The third-order valence-corrected chi connectivity index (χ3v) is 2.55. The zero-order valence-corrected chi connectivity index (χ0v) is 9.89. The molecule has 0 spiro atoms. The van der Waals surface area contributed by atoms with Crippen LogP contribution in [0.1, 0.15) is 27.6 Å². The molecule has 90 valence electrons. The fourth-order valence-electron chi connectivity index (χ4n) is 1.59. The maximum absolute atomic E-state index is 11.9. The number of hydrogen-bond donors (Lipinski definition) is 1. The molecule has 0 radical (unpaired) electrons. The van der Waals surface area contributed by atoms with E-state index in [1.165, 1.54) is 6.39 Å². The first-order valence-electron chi connectivity index (χ1n) is 5.13. The number of aromatic nitrogens is 4. The van der Waals surface area contributed by atoms with Crippen LogP contribution in [0.3, 0.4) is 0 Å². The smallest absolute Gasteiger partial charge is 0.270 e. The van der Waals surface area contributed by atoms with Crippen LogP contribution in [-0.4, -0.2) is 25.8 Å². The summed E-state index contributed by atoms with van der Waals surface area (Å²) in [4.78, 5) is 15.8. The first-order chi connectivity index (χ1) is 8.09. The molecular weight excluding hydrogens is 222 g/mol. The van der Waals surface area contributed by atoms with Crippen LogP contribution in [0.5, 0.6) is 0 Å². The number of carbonyl (C=O) groups is 1. The van der Waals surface area contributed by atoms with Gasteiger partial charge in [0.1, 0.15) is 5.69 Å². The summed E-state index contributed by atoms with van der Waals surface area (Å²) in [5.74, 6) is 0.241. The van der Waals surface area contributed by atoms with Gasteiger partial charge in [-0.05, 0) is 13.8 Å². The van der Waals surface area contributed by atoms with E-state index in [2.05, 4.69) is 25.1 Å². The van der Waals surface area contributed by atoms with Crippen LogP contribution in [0.25, 0.3) is 0 Å². The second-order valence-electron chi connectivity index (χ2n) is 3.71. The Morgan fingerprint density at radius 2 is 2.29 bits per heavy atom. The molecule has 7 heteroatoms. The highest BCUT2D eigenvalue weighted by atomic mass is 16.5. The van der Waals surface area contributed by atoms with Gasteiger partial charge in [0.2, 0.25) is 6.39 Å². The van der Waals surface area contributed by atoms with Crippen molar-refractivity contribution in [2.24, 2.45) is 7.05 Å². The predicted molar refractivity (Wildman–Crippen MR) is 58.2 cm³/mol. The molecule has 0 atom stereocenters. The Morgan fingerprint density at radius 3 is 2.82 bits per heavy atom. The van der Waals surface area contributed by atoms with Crippen LogP contribution in [0.15, 0.2) is 10.9 Å². The molecule has 0 aliphatic carbocycles. The fraction of sp³-hybridized carbons (Fsp3) is 0.400. The number of amides is 1. The van der Waals surface area contributed by atoms with E-state index in [1.807, 2.05) is 13.8 Å². The van der Waals surface area contributed by atoms with Crippen LogP contribution in [0.2, 0.25) is 0 Å². The predicted octanol–water partition coefficient (Wildman–Crippen LogP) is 0.350. The van der Waals surface area contributed by atoms with Crippen LogP contribution in [-0.2, 0) is 13.6 Å². The monoisotopic (exact) mass is 235 g/mol. The molecule has 0 aliphatic rings. The minimum atomic E-state index is -0.199. The maximum atomic E-state index is 11.9. The largest absolute Gasteiger partial charge is 0.343 e. The Kier molecular flexibility index (Phi) is 2.90. The summed E-state index contributed by atoms with van der Waals surface area (Å²) in [5.41, 5.74) is 2.27. The third-order valence-electron chi connectivity index (χ3n) is 2.55. The Balaban J connectivity index is 2.10. The Labute approximate surface area is 97.8 Å². The third kappa shape index (κ3) is 2.17. The van der Waals surface area contributed by atoms with Crippen LogP contribution >= 0.6 is 0 Å². The molecular formula is C10H13N5O2. The zero-order chi connectivity index (χ0) is 12.4.